The number of esters is 1. The second-order valence-electron chi connectivity index (χ2n) is 5.63. The van der Waals surface area contributed by atoms with Crippen LogP contribution < -0.4 is 0 Å². The molecule has 1 aromatic carbocycles. The van der Waals surface area contributed by atoms with Gasteiger partial charge in [0.1, 0.15) is 0 Å². The van der Waals surface area contributed by atoms with Gasteiger partial charge in [0, 0.05) is 0 Å². The first kappa shape index (κ1) is 14.7. The Balaban J connectivity index is 3.20. The summed E-state index contributed by atoms with van der Waals surface area (Å²) in [7, 11) is 1.44. The molecular formula is C16H24O2. The van der Waals surface area contributed by atoms with Crippen LogP contribution in [0.5, 0.6) is 0 Å². The third kappa shape index (κ3) is 3.86. The van der Waals surface area contributed by atoms with E-state index in [1.807, 2.05) is 12.1 Å². The van der Waals surface area contributed by atoms with Crippen LogP contribution in [0.3, 0.4) is 0 Å². The SMILES string of the molecule is COC(=O)c1cccc(CC(C)C)c1CC(C)C. The molecule has 2 heteroatoms. The van der Waals surface area contributed by atoms with Gasteiger partial charge < -0.3 is 4.74 Å². The second kappa shape index (κ2) is 6.58. The molecule has 0 amide bonds. The van der Waals surface area contributed by atoms with Crippen LogP contribution in [0.15, 0.2) is 18.2 Å². The zero-order chi connectivity index (χ0) is 13.7. The molecule has 0 spiro atoms. The van der Waals surface area contributed by atoms with E-state index in [0.29, 0.717) is 11.8 Å². The molecule has 0 saturated carbocycles. The fourth-order valence-corrected chi connectivity index (χ4v) is 2.22. The predicted octanol–water partition coefficient (Wildman–Crippen LogP) is 3.87. The molecule has 0 N–H and O–H groups in total. The molecule has 1 aromatic rings. The largest absolute Gasteiger partial charge is 0.465 e. The molecular weight excluding hydrogens is 224 g/mol. The number of carbonyl (C=O) groups excluding carboxylic acids is 1. The number of methoxy groups -OCH3 is 1. The lowest BCUT2D eigenvalue weighted by Crippen LogP contribution is -2.11. The molecule has 0 fully saturated rings. The fourth-order valence-electron chi connectivity index (χ4n) is 2.22. The van der Waals surface area contributed by atoms with E-state index in [-0.39, 0.29) is 5.97 Å². The molecule has 0 heterocycles. The van der Waals surface area contributed by atoms with Gasteiger partial charge in [-0.25, -0.2) is 4.79 Å². The summed E-state index contributed by atoms with van der Waals surface area (Å²) >= 11 is 0. The van der Waals surface area contributed by atoms with Gasteiger partial charge in [-0.15, -0.1) is 0 Å². The molecule has 0 unspecified atom stereocenters. The Kier molecular flexibility index (Phi) is 5.39. The van der Waals surface area contributed by atoms with Gasteiger partial charge in [-0.3, -0.25) is 0 Å². The molecule has 2 nitrogen and oxygen atoms in total. The van der Waals surface area contributed by atoms with Crippen LogP contribution in [0.4, 0.5) is 0 Å². The smallest absolute Gasteiger partial charge is 0.338 e. The number of rotatable bonds is 5. The zero-order valence-corrected chi connectivity index (χ0v) is 12.1. The van der Waals surface area contributed by atoms with Gasteiger partial charge in [-0.2, -0.15) is 0 Å². The Labute approximate surface area is 110 Å². The molecule has 0 aliphatic heterocycles. The lowest BCUT2D eigenvalue weighted by Gasteiger charge is -2.16. The van der Waals surface area contributed by atoms with Crippen LogP contribution in [0, 0.1) is 11.8 Å². The third-order valence-electron chi connectivity index (χ3n) is 2.92. The fraction of sp³-hybridized carbons (Fsp3) is 0.562. The van der Waals surface area contributed by atoms with Gasteiger partial charge in [0.25, 0.3) is 0 Å². The van der Waals surface area contributed by atoms with E-state index in [1.165, 1.54) is 12.7 Å². The predicted molar refractivity (Wildman–Crippen MR) is 74.9 cm³/mol. The number of hydrogen-bond acceptors (Lipinski definition) is 2. The zero-order valence-electron chi connectivity index (χ0n) is 12.1. The molecule has 0 saturated heterocycles. The normalized spacial score (nSPS) is 11.1. The summed E-state index contributed by atoms with van der Waals surface area (Å²) < 4.78 is 4.88. The van der Waals surface area contributed by atoms with Crippen LogP contribution in [-0.2, 0) is 17.6 Å². The van der Waals surface area contributed by atoms with Crippen LogP contribution in [0.25, 0.3) is 0 Å². The maximum absolute atomic E-state index is 11.8. The topological polar surface area (TPSA) is 26.3 Å². The van der Waals surface area contributed by atoms with Crippen molar-refractivity contribution in [3.8, 4) is 0 Å². The highest BCUT2D eigenvalue weighted by molar-refractivity contribution is 5.91. The summed E-state index contributed by atoms with van der Waals surface area (Å²) in [5, 5.41) is 0. The lowest BCUT2D eigenvalue weighted by molar-refractivity contribution is 0.0599. The van der Waals surface area contributed by atoms with Crippen LogP contribution >= 0.6 is 0 Å². The lowest BCUT2D eigenvalue weighted by atomic mass is 9.89. The Bertz CT molecular complexity index is 406. The molecule has 18 heavy (non-hydrogen) atoms. The van der Waals surface area contributed by atoms with Crippen molar-refractivity contribution in [3.63, 3.8) is 0 Å². The van der Waals surface area contributed by atoms with E-state index in [1.54, 1.807) is 0 Å². The van der Waals surface area contributed by atoms with Gasteiger partial charge in [0.2, 0.25) is 0 Å². The van der Waals surface area contributed by atoms with E-state index >= 15 is 0 Å². The standard InChI is InChI=1S/C16H24O2/c1-11(2)9-13-7-6-8-14(16(17)18-5)15(13)10-12(3)4/h6-8,11-12H,9-10H2,1-5H3. The first-order valence-corrected chi connectivity index (χ1v) is 6.64. The first-order valence-electron chi connectivity index (χ1n) is 6.64. The Morgan fingerprint density at radius 1 is 1.11 bits per heavy atom. The van der Waals surface area contributed by atoms with Crippen molar-refractivity contribution in [1.29, 1.82) is 0 Å². The minimum Gasteiger partial charge on any atom is -0.465 e. The molecule has 0 atom stereocenters. The van der Waals surface area contributed by atoms with Gasteiger partial charge >= 0.3 is 5.97 Å². The van der Waals surface area contributed by atoms with Crippen molar-refractivity contribution < 1.29 is 9.53 Å². The minimum atomic E-state index is -0.226. The van der Waals surface area contributed by atoms with E-state index in [9.17, 15) is 4.79 Å². The summed E-state index contributed by atoms with van der Waals surface area (Å²) in [6.45, 7) is 8.74. The highest BCUT2D eigenvalue weighted by Crippen LogP contribution is 2.22. The highest BCUT2D eigenvalue weighted by Gasteiger charge is 2.16. The summed E-state index contributed by atoms with van der Waals surface area (Å²) in [5.41, 5.74) is 3.17. The van der Waals surface area contributed by atoms with Gasteiger partial charge in [-0.05, 0) is 41.9 Å². The van der Waals surface area contributed by atoms with E-state index in [4.69, 9.17) is 4.74 Å². The second-order valence-corrected chi connectivity index (χ2v) is 5.63. The molecule has 100 valence electrons. The average molecular weight is 248 g/mol. The van der Waals surface area contributed by atoms with E-state index in [2.05, 4.69) is 33.8 Å². The Hall–Kier alpha value is -1.31. The average Bonchev–Trinajstić information content (AvgIpc) is 2.29. The van der Waals surface area contributed by atoms with Crippen LogP contribution in [-0.4, -0.2) is 13.1 Å². The number of ether oxygens (including phenoxy) is 1. The van der Waals surface area contributed by atoms with Crippen LogP contribution in [0.2, 0.25) is 0 Å². The van der Waals surface area contributed by atoms with Crippen molar-refractivity contribution in [2.75, 3.05) is 7.11 Å². The van der Waals surface area contributed by atoms with E-state index < -0.39 is 0 Å². The highest BCUT2D eigenvalue weighted by atomic mass is 16.5. The monoisotopic (exact) mass is 248 g/mol. The maximum atomic E-state index is 11.8. The molecule has 0 bridgehead atoms. The number of hydrogen-bond donors (Lipinski definition) is 0. The number of benzene rings is 1. The maximum Gasteiger partial charge on any atom is 0.338 e. The van der Waals surface area contributed by atoms with Crippen molar-refractivity contribution >= 4 is 5.97 Å². The van der Waals surface area contributed by atoms with E-state index in [0.717, 1.165) is 24.0 Å². The Morgan fingerprint density at radius 3 is 2.22 bits per heavy atom. The van der Waals surface area contributed by atoms with Gasteiger partial charge in [0.15, 0.2) is 0 Å². The molecule has 0 aliphatic carbocycles. The van der Waals surface area contributed by atoms with Gasteiger partial charge in [-0.1, -0.05) is 39.8 Å². The minimum absolute atomic E-state index is 0.226. The van der Waals surface area contributed by atoms with Crippen molar-refractivity contribution in [1.82, 2.24) is 0 Å². The quantitative estimate of drug-likeness (QED) is 0.739. The number of carbonyl (C=O) groups is 1. The van der Waals surface area contributed by atoms with Crippen LogP contribution in [0.1, 0.15) is 49.2 Å². The molecule has 0 radical (unpaired) electrons. The first-order chi connectivity index (χ1) is 8.45. The molecule has 1 rings (SSSR count). The third-order valence-corrected chi connectivity index (χ3v) is 2.92. The summed E-state index contributed by atoms with van der Waals surface area (Å²) in [5.74, 6) is 0.891. The molecule has 0 aliphatic rings. The summed E-state index contributed by atoms with van der Waals surface area (Å²) in [6, 6.07) is 5.95. The molecule has 0 aromatic heterocycles. The summed E-state index contributed by atoms with van der Waals surface area (Å²) in [6.07, 6.45) is 1.93. The summed E-state index contributed by atoms with van der Waals surface area (Å²) in [4.78, 5) is 11.8. The van der Waals surface area contributed by atoms with Crippen molar-refractivity contribution in [2.45, 2.75) is 40.5 Å². The van der Waals surface area contributed by atoms with Crippen molar-refractivity contribution in [2.24, 2.45) is 11.8 Å². The Morgan fingerprint density at radius 2 is 1.72 bits per heavy atom. The van der Waals surface area contributed by atoms with Gasteiger partial charge in [0.05, 0.1) is 12.7 Å². The van der Waals surface area contributed by atoms with Crippen molar-refractivity contribution in [3.05, 3.63) is 34.9 Å².